The molecule has 0 aromatic heterocycles. The van der Waals surface area contributed by atoms with Crippen molar-refractivity contribution in [3.05, 3.63) is 72.5 Å². The summed E-state index contributed by atoms with van der Waals surface area (Å²) in [6, 6.07) is 9.06. The Balaban J connectivity index is 2.79. The summed E-state index contributed by atoms with van der Waals surface area (Å²) in [6.07, 6.45) is 6.37. The number of ketones is 1. The van der Waals surface area contributed by atoms with Crippen LogP contribution < -0.4 is 0 Å². The SMILES string of the molecule is C=C/C=C(/C=C/C(=O)c1ccccc1)N=C. The van der Waals surface area contributed by atoms with E-state index in [-0.39, 0.29) is 5.78 Å². The molecule has 0 unspecified atom stereocenters. The van der Waals surface area contributed by atoms with Gasteiger partial charge < -0.3 is 0 Å². The fraction of sp³-hybridized carbons (Fsp3) is 0. The predicted octanol–water partition coefficient (Wildman–Crippen LogP) is 3.20. The molecule has 0 bridgehead atoms. The number of aliphatic imine (C=N–C) groups is 1. The first-order chi connectivity index (χ1) is 7.77. The lowest BCUT2D eigenvalue weighted by Crippen LogP contribution is -1.92. The van der Waals surface area contributed by atoms with E-state index in [1.807, 2.05) is 18.2 Å². The van der Waals surface area contributed by atoms with E-state index in [1.54, 1.807) is 30.4 Å². The topological polar surface area (TPSA) is 29.4 Å². The zero-order chi connectivity index (χ0) is 11.8. The van der Waals surface area contributed by atoms with Gasteiger partial charge >= 0.3 is 0 Å². The number of benzene rings is 1. The van der Waals surface area contributed by atoms with Crippen LogP contribution in [0.25, 0.3) is 0 Å². The molecular weight excluding hydrogens is 198 g/mol. The molecule has 80 valence electrons. The third-order valence-electron chi connectivity index (χ3n) is 1.93. The number of nitrogens with zero attached hydrogens (tertiary/aromatic N) is 1. The molecule has 0 spiro atoms. The van der Waals surface area contributed by atoms with Crippen LogP contribution in [0.4, 0.5) is 0 Å². The molecule has 0 N–H and O–H groups in total. The average Bonchev–Trinajstić information content (AvgIpc) is 2.35. The van der Waals surface area contributed by atoms with E-state index in [0.717, 1.165) is 0 Å². The average molecular weight is 211 g/mol. The molecule has 2 nitrogen and oxygen atoms in total. The summed E-state index contributed by atoms with van der Waals surface area (Å²) in [5.74, 6) is -0.0563. The van der Waals surface area contributed by atoms with Gasteiger partial charge in [-0.05, 0) is 24.9 Å². The van der Waals surface area contributed by atoms with Gasteiger partial charge in [-0.15, -0.1) is 0 Å². The maximum Gasteiger partial charge on any atom is 0.185 e. The predicted molar refractivity (Wildman–Crippen MR) is 67.7 cm³/mol. The summed E-state index contributed by atoms with van der Waals surface area (Å²) in [5, 5.41) is 0. The van der Waals surface area contributed by atoms with Gasteiger partial charge in [0.05, 0.1) is 5.70 Å². The van der Waals surface area contributed by atoms with Gasteiger partial charge in [-0.25, -0.2) is 0 Å². The van der Waals surface area contributed by atoms with Crippen LogP contribution in [-0.2, 0) is 0 Å². The van der Waals surface area contributed by atoms with Crippen molar-refractivity contribution in [2.75, 3.05) is 0 Å². The van der Waals surface area contributed by atoms with Crippen molar-refractivity contribution >= 4 is 12.5 Å². The minimum atomic E-state index is -0.0563. The van der Waals surface area contributed by atoms with Crippen molar-refractivity contribution in [3.63, 3.8) is 0 Å². The Morgan fingerprint density at radius 3 is 2.44 bits per heavy atom. The molecule has 0 fully saturated rings. The fourth-order valence-electron chi connectivity index (χ4n) is 1.14. The quantitative estimate of drug-likeness (QED) is 0.318. The zero-order valence-corrected chi connectivity index (χ0v) is 8.97. The van der Waals surface area contributed by atoms with Gasteiger partial charge in [0.2, 0.25) is 0 Å². The van der Waals surface area contributed by atoms with Gasteiger partial charge in [-0.2, -0.15) is 0 Å². The molecule has 0 atom stereocenters. The second kappa shape index (κ2) is 6.30. The number of carbonyl (C=O) groups excluding carboxylic acids is 1. The Kier molecular flexibility index (Phi) is 4.67. The summed E-state index contributed by atoms with van der Waals surface area (Å²) >= 11 is 0. The highest BCUT2D eigenvalue weighted by molar-refractivity contribution is 6.04. The maximum absolute atomic E-state index is 11.7. The van der Waals surface area contributed by atoms with Gasteiger partial charge in [0.1, 0.15) is 0 Å². The molecular formula is C14H13NO. The summed E-state index contributed by atoms with van der Waals surface area (Å²) < 4.78 is 0. The number of hydrogen-bond acceptors (Lipinski definition) is 2. The molecule has 0 saturated carbocycles. The lowest BCUT2D eigenvalue weighted by molar-refractivity contribution is 0.104. The van der Waals surface area contributed by atoms with Gasteiger partial charge in [-0.1, -0.05) is 43.0 Å². The molecule has 2 heteroatoms. The van der Waals surface area contributed by atoms with Crippen molar-refractivity contribution in [3.8, 4) is 0 Å². The van der Waals surface area contributed by atoms with Crippen LogP contribution in [0.5, 0.6) is 0 Å². The Hall–Kier alpha value is -2.22. The number of rotatable bonds is 5. The number of hydrogen-bond donors (Lipinski definition) is 0. The standard InChI is InChI=1S/C14H13NO/c1-3-7-13(15-2)10-11-14(16)12-8-5-4-6-9-12/h3-11H,1-2H2/b11-10+,13-7-. The van der Waals surface area contributed by atoms with Crippen molar-refractivity contribution in [2.45, 2.75) is 0 Å². The zero-order valence-electron chi connectivity index (χ0n) is 8.97. The molecule has 0 radical (unpaired) electrons. The van der Waals surface area contributed by atoms with Crippen LogP contribution in [0.15, 0.2) is 71.9 Å². The van der Waals surface area contributed by atoms with Crippen molar-refractivity contribution in [1.29, 1.82) is 0 Å². The highest BCUT2D eigenvalue weighted by Gasteiger charge is 1.98. The van der Waals surface area contributed by atoms with Crippen LogP contribution in [0.2, 0.25) is 0 Å². The van der Waals surface area contributed by atoms with E-state index in [0.29, 0.717) is 11.3 Å². The first kappa shape index (κ1) is 11.9. The summed E-state index contributed by atoms with van der Waals surface area (Å²) in [4.78, 5) is 15.4. The Morgan fingerprint density at radius 2 is 1.88 bits per heavy atom. The van der Waals surface area contributed by atoms with Gasteiger partial charge in [-0.3, -0.25) is 9.79 Å². The third-order valence-corrected chi connectivity index (χ3v) is 1.93. The molecule has 0 aliphatic heterocycles. The first-order valence-electron chi connectivity index (χ1n) is 4.85. The smallest absolute Gasteiger partial charge is 0.185 e. The highest BCUT2D eigenvalue weighted by atomic mass is 16.1. The van der Waals surface area contributed by atoms with E-state index in [1.165, 1.54) is 6.08 Å². The normalized spacial score (nSPS) is 11.4. The molecule has 1 rings (SSSR count). The van der Waals surface area contributed by atoms with Crippen LogP contribution in [0, 0.1) is 0 Å². The summed E-state index contributed by atoms with van der Waals surface area (Å²) in [7, 11) is 0. The largest absolute Gasteiger partial charge is 0.289 e. The Labute approximate surface area is 95.3 Å². The molecule has 1 aromatic rings. The first-order valence-corrected chi connectivity index (χ1v) is 4.85. The molecule has 0 aliphatic rings. The number of allylic oxidation sites excluding steroid dienone is 4. The number of carbonyl (C=O) groups is 1. The molecule has 0 amide bonds. The van der Waals surface area contributed by atoms with E-state index < -0.39 is 0 Å². The van der Waals surface area contributed by atoms with E-state index in [2.05, 4.69) is 18.3 Å². The second-order valence-corrected chi connectivity index (χ2v) is 3.05. The maximum atomic E-state index is 11.7. The van der Waals surface area contributed by atoms with E-state index in [4.69, 9.17) is 0 Å². The highest BCUT2D eigenvalue weighted by Crippen LogP contribution is 2.03. The molecule has 0 aliphatic carbocycles. The second-order valence-electron chi connectivity index (χ2n) is 3.05. The van der Waals surface area contributed by atoms with Gasteiger partial charge in [0.25, 0.3) is 0 Å². The summed E-state index contributed by atoms with van der Waals surface area (Å²) in [6.45, 7) is 6.95. The molecule has 0 saturated heterocycles. The molecule has 0 heterocycles. The van der Waals surface area contributed by atoms with Crippen LogP contribution in [0.3, 0.4) is 0 Å². The molecule has 16 heavy (non-hydrogen) atoms. The van der Waals surface area contributed by atoms with E-state index >= 15 is 0 Å². The minimum Gasteiger partial charge on any atom is -0.289 e. The fourth-order valence-corrected chi connectivity index (χ4v) is 1.14. The van der Waals surface area contributed by atoms with Crippen molar-refractivity contribution in [2.24, 2.45) is 4.99 Å². The lowest BCUT2D eigenvalue weighted by atomic mass is 10.1. The Morgan fingerprint density at radius 1 is 1.19 bits per heavy atom. The van der Waals surface area contributed by atoms with Crippen LogP contribution >= 0.6 is 0 Å². The van der Waals surface area contributed by atoms with Gasteiger partial charge in [0, 0.05) is 5.56 Å². The third kappa shape index (κ3) is 3.50. The Bertz CT molecular complexity index is 441. The minimum absolute atomic E-state index is 0.0563. The van der Waals surface area contributed by atoms with Crippen LogP contribution in [-0.4, -0.2) is 12.5 Å². The van der Waals surface area contributed by atoms with Crippen LogP contribution in [0.1, 0.15) is 10.4 Å². The van der Waals surface area contributed by atoms with E-state index in [9.17, 15) is 4.79 Å². The van der Waals surface area contributed by atoms with Crippen molar-refractivity contribution in [1.82, 2.24) is 0 Å². The molecule has 1 aromatic carbocycles. The van der Waals surface area contributed by atoms with Gasteiger partial charge in [0.15, 0.2) is 5.78 Å². The monoisotopic (exact) mass is 211 g/mol. The van der Waals surface area contributed by atoms with Crippen molar-refractivity contribution < 1.29 is 4.79 Å². The lowest BCUT2D eigenvalue weighted by Gasteiger charge is -1.94. The summed E-state index contributed by atoms with van der Waals surface area (Å²) in [5.41, 5.74) is 1.26.